The van der Waals surface area contributed by atoms with Gasteiger partial charge in [0.1, 0.15) is 18.2 Å². The molecule has 0 saturated heterocycles. The quantitative estimate of drug-likeness (QED) is 0.834. The summed E-state index contributed by atoms with van der Waals surface area (Å²) in [5.41, 5.74) is 1.04. The zero-order valence-electron chi connectivity index (χ0n) is 10.1. The average molecular weight is 264 g/mol. The van der Waals surface area contributed by atoms with Crippen molar-refractivity contribution in [2.75, 3.05) is 18.1 Å². The van der Waals surface area contributed by atoms with Gasteiger partial charge < -0.3 is 14.2 Å². The van der Waals surface area contributed by atoms with Crippen molar-refractivity contribution in [3.05, 3.63) is 41.4 Å². The van der Waals surface area contributed by atoms with Crippen LogP contribution in [0.2, 0.25) is 5.02 Å². The highest BCUT2D eigenvalue weighted by Crippen LogP contribution is 2.34. The third-order valence-corrected chi connectivity index (χ3v) is 3.37. The summed E-state index contributed by atoms with van der Waals surface area (Å²) >= 11 is 6.05. The lowest BCUT2D eigenvalue weighted by Crippen LogP contribution is -2.33. The lowest BCUT2D eigenvalue weighted by atomic mass is 10.2. The van der Waals surface area contributed by atoms with Gasteiger partial charge in [0.2, 0.25) is 0 Å². The SMILES string of the molecule is Cn1ccnc1CN1CCOc2ccc(Cl)cc21. The number of benzene rings is 1. The summed E-state index contributed by atoms with van der Waals surface area (Å²) in [7, 11) is 2.00. The lowest BCUT2D eigenvalue weighted by Gasteiger charge is -2.31. The minimum Gasteiger partial charge on any atom is -0.490 e. The van der Waals surface area contributed by atoms with Gasteiger partial charge in [-0.2, -0.15) is 0 Å². The largest absolute Gasteiger partial charge is 0.490 e. The Labute approximate surface area is 111 Å². The summed E-state index contributed by atoms with van der Waals surface area (Å²) in [6.45, 7) is 2.31. The molecule has 0 saturated carbocycles. The van der Waals surface area contributed by atoms with E-state index in [9.17, 15) is 0 Å². The molecule has 18 heavy (non-hydrogen) atoms. The average Bonchev–Trinajstić information content (AvgIpc) is 2.76. The van der Waals surface area contributed by atoms with Crippen LogP contribution in [0, 0.1) is 0 Å². The van der Waals surface area contributed by atoms with Crippen molar-refractivity contribution in [1.82, 2.24) is 9.55 Å². The molecule has 0 aliphatic carbocycles. The van der Waals surface area contributed by atoms with Crippen molar-refractivity contribution in [2.45, 2.75) is 6.54 Å². The molecule has 3 rings (SSSR count). The fraction of sp³-hybridized carbons (Fsp3) is 0.308. The van der Waals surface area contributed by atoms with Crippen molar-refractivity contribution in [2.24, 2.45) is 7.05 Å². The van der Waals surface area contributed by atoms with Crippen LogP contribution in [0.4, 0.5) is 5.69 Å². The summed E-state index contributed by atoms with van der Waals surface area (Å²) in [5, 5.41) is 0.726. The van der Waals surface area contributed by atoms with E-state index in [1.165, 1.54) is 0 Å². The Morgan fingerprint density at radius 1 is 1.44 bits per heavy atom. The van der Waals surface area contributed by atoms with Gasteiger partial charge in [-0.3, -0.25) is 0 Å². The third kappa shape index (κ3) is 2.04. The van der Waals surface area contributed by atoms with Crippen LogP contribution in [-0.4, -0.2) is 22.7 Å². The maximum Gasteiger partial charge on any atom is 0.142 e. The number of halogens is 1. The molecule has 0 bridgehead atoms. The van der Waals surface area contributed by atoms with E-state index in [1.807, 2.05) is 42.2 Å². The first-order chi connectivity index (χ1) is 8.74. The minimum atomic E-state index is 0.694. The summed E-state index contributed by atoms with van der Waals surface area (Å²) < 4.78 is 7.66. The molecule has 2 aromatic rings. The molecule has 0 radical (unpaired) electrons. The summed E-state index contributed by atoms with van der Waals surface area (Å²) in [6.07, 6.45) is 3.77. The monoisotopic (exact) mass is 263 g/mol. The number of aryl methyl sites for hydroxylation is 1. The Morgan fingerprint density at radius 2 is 2.33 bits per heavy atom. The molecule has 0 atom stereocenters. The fourth-order valence-electron chi connectivity index (χ4n) is 2.13. The first-order valence-electron chi connectivity index (χ1n) is 5.87. The molecular formula is C13H14ClN3O. The standard InChI is InChI=1S/C13H14ClN3O/c1-16-5-4-15-13(16)9-17-6-7-18-12-3-2-10(14)8-11(12)17/h2-5,8H,6-7,9H2,1H3. The van der Waals surface area contributed by atoms with Gasteiger partial charge in [0.15, 0.2) is 0 Å². The molecule has 1 aromatic heterocycles. The first-order valence-corrected chi connectivity index (χ1v) is 6.25. The zero-order chi connectivity index (χ0) is 12.5. The lowest BCUT2D eigenvalue weighted by molar-refractivity contribution is 0.306. The Hall–Kier alpha value is -1.68. The van der Waals surface area contributed by atoms with Crippen molar-refractivity contribution < 1.29 is 4.74 Å². The molecule has 94 valence electrons. The van der Waals surface area contributed by atoms with E-state index >= 15 is 0 Å². The molecule has 0 fully saturated rings. The number of imidazole rings is 1. The van der Waals surface area contributed by atoms with E-state index in [-0.39, 0.29) is 0 Å². The summed E-state index contributed by atoms with van der Waals surface area (Å²) in [5.74, 6) is 1.92. The van der Waals surface area contributed by atoms with Gasteiger partial charge in [0.05, 0.1) is 18.8 Å². The van der Waals surface area contributed by atoms with Crippen LogP contribution in [0.5, 0.6) is 5.75 Å². The molecule has 4 nitrogen and oxygen atoms in total. The molecular weight excluding hydrogens is 250 g/mol. The van der Waals surface area contributed by atoms with E-state index in [1.54, 1.807) is 0 Å². The molecule has 5 heteroatoms. The smallest absolute Gasteiger partial charge is 0.142 e. The number of anilines is 1. The highest BCUT2D eigenvalue weighted by atomic mass is 35.5. The molecule has 0 unspecified atom stereocenters. The number of aromatic nitrogens is 2. The number of fused-ring (bicyclic) bond motifs is 1. The van der Waals surface area contributed by atoms with E-state index < -0.39 is 0 Å². The van der Waals surface area contributed by atoms with Gasteiger partial charge in [-0.15, -0.1) is 0 Å². The van der Waals surface area contributed by atoms with Crippen molar-refractivity contribution in [3.63, 3.8) is 0 Å². The Kier molecular flexibility index (Phi) is 2.88. The molecule has 0 spiro atoms. The van der Waals surface area contributed by atoms with Crippen molar-refractivity contribution in [3.8, 4) is 5.75 Å². The molecule has 1 aliphatic heterocycles. The highest BCUT2D eigenvalue weighted by molar-refractivity contribution is 6.30. The number of hydrogen-bond acceptors (Lipinski definition) is 3. The minimum absolute atomic E-state index is 0.694. The van der Waals surface area contributed by atoms with Crippen molar-refractivity contribution in [1.29, 1.82) is 0 Å². The summed E-state index contributed by atoms with van der Waals surface area (Å²) in [6, 6.07) is 5.71. The molecule has 2 heterocycles. The topological polar surface area (TPSA) is 30.3 Å². The van der Waals surface area contributed by atoms with E-state index in [2.05, 4.69) is 9.88 Å². The number of rotatable bonds is 2. The Bertz CT molecular complexity index is 567. The van der Waals surface area contributed by atoms with Gasteiger partial charge in [-0.05, 0) is 18.2 Å². The maximum absolute atomic E-state index is 6.05. The molecule has 1 aliphatic rings. The zero-order valence-corrected chi connectivity index (χ0v) is 10.9. The normalized spacial score (nSPS) is 14.2. The first kappa shape index (κ1) is 11.4. The van der Waals surface area contributed by atoms with Gasteiger partial charge in [0, 0.05) is 24.5 Å². The second-order valence-corrected chi connectivity index (χ2v) is 4.77. The van der Waals surface area contributed by atoms with Crippen LogP contribution in [0.25, 0.3) is 0 Å². The van der Waals surface area contributed by atoms with Gasteiger partial charge in [-0.25, -0.2) is 4.98 Å². The van der Waals surface area contributed by atoms with Crippen LogP contribution < -0.4 is 9.64 Å². The second kappa shape index (κ2) is 4.53. The van der Waals surface area contributed by atoms with E-state index in [0.29, 0.717) is 6.61 Å². The second-order valence-electron chi connectivity index (χ2n) is 4.34. The number of ether oxygens (including phenoxy) is 1. The van der Waals surface area contributed by atoms with Crippen molar-refractivity contribution >= 4 is 17.3 Å². The number of nitrogens with zero attached hydrogens (tertiary/aromatic N) is 3. The predicted octanol–water partition coefficient (Wildman–Crippen LogP) is 2.47. The van der Waals surface area contributed by atoms with Crippen LogP contribution in [-0.2, 0) is 13.6 Å². The fourth-order valence-corrected chi connectivity index (χ4v) is 2.30. The van der Waals surface area contributed by atoms with Gasteiger partial charge in [-0.1, -0.05) is 11.6 Å². The molecule has 0 amide bonds. The van der Waals surface area contributed by atoms with Crippen LogP contribution in [0.1, 0.15) is 5.82 Å². The number of hydrogen-bond donors (Lipinski definition) is 0. The molecule has 1 aromatic carbocycles. The van der Waals surface area contributed by atoms with Crippen LogP contribution in [0.15, 0.2) is 30.6 Å². The molecule has 0 N–H and O–H groups in total. The third-order valence-electron chi connectivity index (χ3n) is 3.13. The van der Waals surface area contributed by atoms with Crippen LogP contribution in [0.3, 0.4) is 0 Å². The van der Waals surface area contributed by atoms with Crippen LogP contribution >= 0.6 is 11.6 Å². The summed E-state index contributed by atoms with van der Waals surface area (Å²) in [4.78, 5) is 6.60. The van der Waals surface area contributed by atoms with E-state index in [4.69, 9.17) is 16.3 Å². The maximum atomic E-state index is 6.05. The Balaban J connectivity index is 1.91. The van der Waals surface area contributed by atoms with Gasteiger partial charge >= 0.3 is 0 Å². The Morgan fingerprint density at radius 3 is 3.11 bits per heavy atom. The predicted molar refractivity (Wildman–Crippen MR) is 71.2 cm³/mol. The van der Waals surface area contributed by atoms with Gasteiger partial charge in [0.25, 0.3) is 0 Å². The van der Waals surface area contributed by atoms with E-state index in [0.717, 1.165) is 35.4 Å². The highest BCUT2D eigenvalue weighted by Gasteiger charge is 2.19.